The van der Waals surface area contributed by atoms with E-state index in [2.05, 4.69) is 5.32 Å². The number of benzene rings is 1. The van der Waals surface area contributed by atoms with Crippen LogP contribution in [0.25, 0.3) is 0 Å². The molecular formula is C12H13ClF3N. The number of hydrogen-bond donors (Lipinski definition) is 1. The molecule has 0 spiro atoms. The van der Waals surface area contributed by atoms with Crippen LogP contribution in [0.4, 0.5) is 13.2 Å². The number of piperidine rings is 1. The quantitative estimate of drug-likeness (QED) is 0.812. The lowest BCUT2D eigenvalue weighted by molar-refractivity contribution is -0.138. The van der Waals surface area contributed by atoms with Crippen LogP contribution in [-0.2, 0) is 6.18 Å². The van der Waals surface area contributed by atoms with Gasteiger partial charge in [-0.3, -0.25) is 0 Å². The SMILES string of the molecule is FC(F)(F)c1cccc(Cl)c1C1CCNCC1. The van der Waals surface area contributed by atoms with E-state index in [4.69, 9.17) is 11.6 Å². The van der Waals surface area contributed by atoms with Crippen molar-refractivity contribution in [3.63, 3.8) is 0 Å². The third kappa shape index (κ3) is 2.75. The van der Waals surface area contributed by atoms with Crippen LogP contribution in [-0.4, -0.2) is 13.1 Å². The second-order valence-electron chi connectivity index (χ2n) is 4.22. The predicted molar refractivity (Wildman–Crippen MR) is 61.3 cm³/mol. The molecule has 0 atom stereocenters. The Morgan fingerprint density at radius 2 is 1.82 bits per heavy atom. The Hall–Kier alpha value is -0.740. The molecule has 1 heterocycles. The fourth-order valence-corrected chi connectivity index (χ4v) is 2.64. The Morgan fingerprint density at radius 3 is 2.41 bits per heavy atom. The highest BCUT2D eigenvalue weighted by Crippen LogP contribution is 2.41. The first-order chi connectivity index (χ1) is 8.00. The zero-order valence-electron chi connectivity index (χ0n) is 9.15. The lowest BCUT2D eigenvalue weighted by atomic mass is 9.87. The molecule has 0 unspecified atom stereocenters. The molecule has 0 aromatic heterocycles. The van der Waals surface area contributed by atoms with E-state index in [9.17, 15) is 13.2 Å². The Balaban J connectivity index is 2.43. The van der Waals surface area contributed by atoms with Crippen LogP contribution >= 0.6 is 11.6 Å². The van der Waals surface area contributed by atoms with E-state index in [1.807, 2.05) is 0 Å². The average Bonchev–Trinajstić information content (AvgIpc) is 2.28. The van der Waals surface area contributed by atoms with Crippen LogP contribution in [0.5, 0.6) is 0 Å². The first-order valence-corrected chi connectivity index (χ1v) is 5.94. The fourth-order valence-electron chi connectivity index (χ4n) is 2.31. The van der Waals surface area contributed by atoms with Gasteiger partial charge in [0.05, 0.1) is 5.56 Å². The molecule has 1 aromatic rings. The minimum absolute atomic E-state index is 0.0958. The van der Waals surface area contributed by atoms with Crippen LogP contribution in [0.3, 0.4) is 0 Å². The van der Waals surface area contributed by atoms with Gasteiger partial charge in [0, 0.05) is 5.02 Å². The minimum atomic E-state index is -4.33. The highest BCUT2D eigenvalue weighted by atomic mass is 35.5. The molecule has 5 heteroatoms. The van der Waals surface area contributed by atoms with E-state index in [0.717, 1.165) is 19.2 Å². The van der Waals surface area contributed by atoms with Crippen LogP contribution in [0.1, 0.15) is 29.9 Å². The van der Waals surface area contributed by atoms with Gasteiger partial charge in [-0.05, 0) is 49.5 Å². The fraction of sp³-hybridized carbons (Fsp3) is 0.500. The molecule has 1 aromatic carbocycles. The smallest absolute Gasteiger partial charge is 0.317 e. The first kappa shape index (κ1) is 12.7. The van der Waals surface area contributed by atoms with E-state index < -0.39 is 11.7 Å². The Kier molecular flexibility index (Phi) is 3.64. The van der Waals surface area contributed by atoms with Crippen LogP contribution in [0.15, 0.2) is 18.2 Å². The summed E-state index contributed by atoms with van der Waals surface area (Å²) in [5.74, 6) is -0.0958. The lowest BCUT2D eigenvalue weighted by Crippen LogP contribution is -2.28. The van der Waals surface area contributed by atoms with Crippen LogP contribution < -0.4 is 5.32 Å². The molecule has 2 rings (SSSR count). The molecule has 0 radical (unpaired) electrons. The highest BCUT2D eigenvalue weighted by molar-refractivity contribution is 6.31. The van der Waals surface area contributed by atoms with Crippen molar-refractivity contribution in [3.05, 3.63) is 34.3 Å². The van der Waals surface area contributed by atoms with Gasteiger partial charge in [-0.25, -0.2) is 0 Å². The van der Waals surface area contributed by atoms with Gasteiger partial charge in [0.1, 0.15) is 0 Å². The van der Waals surface area contributed by atoms with Gasteiger partial charge in [-0.2, -0.15) is 13.2 Å². The third-order valence-electron chi connectivity index (χ3n) is 3.11. The van der Waals surface area contributed by atoms with Gasteiger partial charge in [0.25, 0.3) is 0 Å². The summed E-state index contributed by atoms with van der Waals surface area (Å²) >= 11 is 5.95. The Labute approximate surface area is 103 Å². The molecule has 1 fully saturated rings. The largest absolute Gasteiger partial charge is 0.416 e. The number of halogens is 4. The van der Waals surface area contributed by atoms with Gasteiger partial charge in [0.2, 0.25) is 0 Å². The standard InChI is InChI=1S/C12H13ClF3N/c13-10-3-1-2-9(12(14,15)16)11(10)8-4-6-17-7-5-8/h1-3,8,17H,4-7H2. The van der Waals surface area contributed by atoms with Crippen molar-refractivity contribution >= 4 is 11.6 Å². The molecule has 0 aliphatic carbocycles. The zero-order valence-corrected chi connectivity index (χ0v) is 9.91. The number of rotatable bonds is 1. The summed E-state index contributed by atoms with van der Waals surface area (Å²) in [6, 6.07) is 4.01. The summed E-state index contributed by atoms with van der Waals surface area (Å²) < 4.78 is 38.7. The molecule has 1 aliphatic rings. The molecule has 94 valence electrons. The molecule has 0 bridgehead atoms. The summed E-state index contributed by atoms with van der Waals surface area (Å²) in [5.41, 5.74) is -0.319. The average molecular weight is 264 g/mol. The lowest BCUT2D eigenvalue weighted by Gasteiger charge is -2.26. The Morgan fingerprint density at radius 1 is 1.18 bits per heavy atom. The summed E-state index contributed by atoms with van der Waals surface area (Å²) in [6.07, 6.45) is -2.93. The monoisotopic (exact) mass is 263 g/mol. The minimum Gasteiger partial charge on any atom is -0.317 e. The van der Waals surface area contributed by atoms with Crippen molar-refractivity contribution in [1.29, 1.82) is 0 Å². The molecule has 17 heavy (non-hydrogen) atoms. The second kappa shape index (κ2) is 4.86. The Bertz CT molecular complexity index is 397. The number of nitrogens with one attached hydrogen (secondary N) is 1. The highest BCUT2D eigenvalue weighted by Gasteiger charge is 2.36. The van der Waals surface area contributed by atoms with Gasteiger partial charge in [-0.1, -0.05) is 17.7 Å². The molecule has 0 amide bonds. The van der Waals surface area contributed by atoms with E-state index in [0.29, 0.717) is 12.8 Å². The summed E-state index contributed by atoms with van der Waals surface area (Å²) in [7, 11) is 0. The van der Waals surface area contributed by atoms with Crippen LogP contribution in [0.2, 0.25) is 5.02 Å². The molecule has 0 saturated carbocycles. The molecule has 1 nitrogen and oxygen atoms in total. The van der Waals surface area contributed by atoms with E-state index in [-0.39, 0.29) is 16.5 Å². The van der Waals surface area contributed by atoms with E-state index in [1.54, 1.807) is 0 Å². The van der Waals surface area contributed by atoms with Gasteiger partial charge in [-0.15, -0.1) is 0 Å². The maximum Gasteiger partial charge on any atom is 0.416 e. The maximum absolute atomic E-state index is 12.9. The summed E-state index contributed by atoms with van der Waals surface area (Å²) in [4.78, 5) is 0. The molecule has 1 aliphatic heterocycles. The van der Waals surface area contributed by atoms with E-state index in [1.165, 1.54) is 12.1 Å². The number of alkyl halides is 3. The van der Waals surface area contributed by atoms with Crippen molar-refractivity contribution in [2.24, 2.45) is 0 Å². The van der Waals surface area contributed by atoms with Gasteiger partial charge < -0.3 is 5.32 Å². The van der Waals surface area contributed by atoms with Crippen molar-refractivity contribution in [2.75, 3.05) is 13.1 Å². The third-order valence-corrected chi connectivity index (χ3v) is 3.44. The molecule has 1 N–H and O–H groups in total. The maximum atomic E-state index is 12.9. The van der Waals surface area contributed by atoms with Crippen molar-refractivity contribution in [1.82, 2.24) is 5.32 Å². The van der Waals surface area contributed by atoms with Gasteiger partial charge in [0.15, 0.2) is 0 Å². The number of hydrogen-bond acceptors (Lipinski definition) is 1. The van der Waals surface area contributed by atoms with E-state index >= 15 is 0 Å². The molecular weight excluding hydrogens is 251 g/mol. The first-order valence-electron chi connectivity index (χ1n) is 5.56. The topological polar surface area (TPSA) is 12.0 Å². The zero-order chi connectivity index (χ0) is 12.5. The predicted octanol–water partition coefficient (Wildman–Crippen LogP) is 3.83. The van der Waals surface area contributed by atoms with Gasteiger partial charge >= 0.3 is 6.18 Å². The summed E-state index contributed by atoms with van der Waals surface area (Å²) in [5, 5.41) is 3.37. The normalized spacial score (nSPS) is 18.4. The molecule has 1 saturated heterocycles. The van der Waals surface area contributed by atoms with Crippen LogP contribution in [0, 0.1) is 0 Å². The van der Waals surface area contributed by atoms with Crippen molar-refractivity contribution < 1.29 is 13.2 Å². The van der Waals surface area contributed by atoms with Crippen molar-refractivity contribution in [3.8, 4) is 0 Å². The van der Waals surface area contributed by atoms with Crippen molar-refractivity contribution in [2.45, 2.75) is 24.9 Å². The second-order valence-corrected chi connectivity index (χ2v) is 4.63. The summed E-state index contributed by atoms with van der Waals surface area (Å²) in [6.45, 7) is 1.49.